The Kier molecular flexibility index (Phi) is 10.4. The summed E-state index contributed by atoms with van der Waals surface area (Å²) >= 11 is 1.74. The molecule has 0 aliphatic rings. The van der Waals surface area contributed by atoms with Crippen LogP contribution in [-0.4, -0.2) is 13.7 Å². The van der Waals surface area contributed by atoms with E-state index in [1.165, 1.54) is 22.3 Å². The van der Waals surface area contributed by atoms with Crippen molar-refractivity contribution in [1.82, 2.24) is 0 Å². The predicted molar refractivity (Wildman–Crippen MR) is 134 cm³/mol. The van der Waals surface area contributed by atoms with Gasteiger partial charge in [-0.05, 0) is 97.7 Å². The zero-order valence-electron chi connectivity index (χ0n) is 18.8. The Labute approximate surface area is 187 Å². The number of hydrogen-bond donors (Lipinski definition) is 0. The second-order valence-corrected chi connectivity index (χ2v) is 9.17. The Morgan fingerprint density at radius 1 is 1.10 bits per heavy atom. The average Bonchev–Trinajstić information content (AvgIpc) is 3.24. The van der Waals surface area contributed by atoms with E-state index in [0.717, 1.165) is 25.7 Å². The minimum Gasteiger partial charge on any atom is -0.380 e. The van der Waals surface area contributed by atoms with Crippen molar-refractivity contribution in [3.8, 4) is 23.0 Å². The predicted octanol–water partition coefficient (Wildman–Crippen LogP) is 8.17. The van der Waals surface area contributed by atoms with Crippen LogP contribution in [0.4, 0.5) is 0 Å². The number of benzene rings is 1. The number of rotatable bonds is 10. The molecule has 2 rings (SSSR count). The largest absolute Gasteiger partial charge is 0.380 e. The second-order valence-electron chi connectivity index (χ2n) is 8.39. The summed E-state index contributed by atoms with van der Waals surface area (Å²) in [7, 11) is 1.75. The topological polar surface area (TPSA) is 9.23 Å². The Morgan fingerprint density at radius 3 is 2.70 bits per heavy atom. The molecule has 0 N–H and O–H groups in total. The third-order valence-corrected chi connectivity index (χ3v) is 5.10. The van der Waals surface area contributed by atoms with Gasteiger partial charge in [-0.2, -0.15) is 11.3 Å². The van der Waals surface area contributed by atoms with Crippen molar-refractivity contribution in [2.45, 2.75) is 46.5 Å². The molecular weight excluding hydrogens is 384 g/mol. The highest BCUT2D eigenvalue weighted by atomic mass is 32.1. The fraction of sp³-hybridized carbons (Fsp3) is 0.357. The molecule has 0 saturated heterocycles. The van der Waals surface area contributed by atoms with Crippen LogP contribution >= 0.6 is 11.3 Å². The van der Waals surface area contributed by atoms with Gasteiger partial charge in [0.15, 0.2) is 0 Å². The van der Waals surface area contributed by atoms with Crippen LogP contribution in [0.25, 0.3) is 17.2 Å². The second kappa shape index (κ2) is 13.1. The molecule has 2 heteroatoms. The number of allylic oxidation sites excluding steroid dienone is 4. The molecule has 0 unspecified atom stereocenters. The summed E-state index contributed by atoms with van der Waals surface area (Å²) in [6, 6.07) is 10.9. The number of methoxy groups -OCH3 is 1. The molecule has 1 nitrogen and oxygen atoms in total. The minimum atomic E-state index is 0.0499. The van der Waals surface area contributed by atoms with E-state index in [1.54, 1.807) is 18.4 Å². The third kappa shape index (κ3) is 9.92. The third-order valence-electron chi connectivity index (χ3n) is 4.42. The van der Waals surface area contributed by atoms with Crippen molar-refractivity contribution in [3.63, 3.8) is 0 Å². The van der Waals surface area contributed by atoms with Gasteiger partial charge in [0, 0.05) is 12.5 Å². The average molecular weight is 419 g/mol. The Bertz CT molecular complexity index is 896. The van der Waals surface area contributed by atoms with E-state index < -0.39 is 0 Å². The van der Waals surface area contributed by atoms with E-state index in [1.807, 2.05) is 6.08 Å². The fourth-order valence-corrected chi connectivity index (χ4v) is 3.59. The molecule has 0 bridgehead atoms. The first-order chi connectivity index (χ1) is 14.5. The first-order valence-electron chi connectivity index (χ1n) is 10.6. The molecule has 0 saturated carbocycles. The maximum absolute atomic E-state index is 5.34. The summed E-state index contributed by atoms with van der Waals surface area (Å²) in [5, 5.41) is 4.32. The standard InChI is InChI=1S/C28H34OS/c1-28(2,3)19-11-7-10-15-25(22-29-4)14-9-6-5-8-13-24-16-12-17-26(21-24)27-18-20-30-23-27/h7-8,10,12-14,16-18,20-21,23H,5-6,9,15,22H2,1-4H3. The lowest BCUT2D eigenvalue weighted by atomic mass is 9.98. The molecule has 0 fully saturated rings. The van der Waals surface area contributed by atoms with Crippen LogP contribution in [0.2, 0.25) is 0 Å². The molecule has 2 aromatic rings. The van der Waals surface area contributed by atoms with Gasteiger partial charge < -0.3 is 4.74 Å². The van der Waals surface area contributed by atoms with Crippen LogP contribution in [0.3, 0.4) is 0 Å². The molecule has 0 atom stereocenters. The van der Waals surface area contributed by atoms with Crippen molar-refractivity contribution < 1.29 is 4.74 Å². The van der Waals surface area contributed by atoms with Crippen LogP contribution in [0.1, 0.15) is 52.0 Å². The number of ether oxygens (including phenoxy) is 1. The summed E-state index contributed by atoms with van der Waals surface area (Å²) in [6.07, 6.45) is 15.1. The van der Waals surface area contributed by atoms with Gasteiger partial charge in [-0.15, -0.1) is 0 Å². The molecule has 0 spiro atoms. The molecule has 1 aromatic carbocycles. The summed E-state index contributed by atoms with van der Waals surface area (Å²) in [5.74, 6) is 6.35. The number of hydrogen-bond acceptors (Lipinski definition) is 2. The van der Waals surface area contributed by atoms with Crippen LogP contribution in [0, 0.1) is 17.3 Å². The zero-order chi connectivity index (χ0) is 21.7. The van der Waals surface area contributed by atoms with Crippen molar-refractivity contribution in [1.29, 1.82) is 0 Å². The lowest BCUT2D eigenvalue weighted by molar-refractivity contribution is 0.224. The van der Waals surface area contributed by atoms with Crippen LogP contribution in [-0.2, 0) is 4.74 Å². The lowest BCUT2D eigenvalue weighted by Gasteiger charge is -2.06. The highest BCUT2D eigenvalue weighted by Gasteiger charge is 2.02. The molecule has 30 heavy (non-hydrogen) atoms. The molecule has 0 aliphatic carbocycles. The summed E-state index contributed by atoms with van der Waals surface area (Å²) in [4.78, 5) is 0. The van der Waals surface area contributed by atoms with Gasteiger partial charge in [0.05, 0.1) is 6.61 Å². The van der Waals surface area contributed by atoms with Gasteiger partial charge in [-0.25, -0.2) is 0 Å². The van der Waals surface area contributed by atoms with Gasteiger partial charge in [-0.3, -0.25) is 0 Å². The van der Waals surface area contributed by atoms with E-state index in [4.69, 9.17) is 4.74 Å². The molecular formula is C28H34OS. The molecule has 1 heterocycles. The van der Waals surface area contributed by atoms with E-state index >= 15 is 0 Å². The van der Waals surface area contributed by atoms with Crippen molar-refractivity contribution >= 4 is 17.4 Å². The molecule has 158 valence electrons. The monoisotopic (exact) mass is 418 g/mol. The summed E-state index contributed by atoms with van der Waals surface area (Å²) < 4.78 is 5.34. The fourth-order valence-electron chi connectivity index (χ4n) is 2.93. The van der Waals surface area contributed by atoms with Gasteiger partial charge >= 0.3 is 0 Å². The van der Waals surface area contributed by atoms with E-state index in [2.05, 4.69) is 98.0 Å². The van der Waals surface area contributed by atoms with Crippen molar-refractivity contribution in [2.75, 3.05) is 13.7 Å². The quantitative estimate of drug-likeness (QED) is 0.215. The SMILES string of the molecule is COCC(=CCCCC=Cc1cccc(-c2ccsc2)c1)CC=CC#CC(C)(C)C. The number of thiophene rings is 1. The van der Waals surface area contributed by atoms with Gasteiger partial charge in [0.25, 0.3) is 0 Å². The smallest absolute Gasteiger partial charge is 0.0676 e. The van der Waals surface area contributed by atoms with Crippen LogP contribution < -0.4 is 0 Å². The molecule has 0 radical (unpaired) electrons. The van der Waals surface area contributed by atoms with Crippen molar-refractivity contribution in [2.24, 2.45) is 5.41 Å². The normalized spacial score (nSPS) is 12.5. The minimum absolute atomic E-state index is 0.0499. The van der Waals surface area contributed by atoms with Crippen molar-refractivity contribution in [3.05, 3.63) is 76.5 Å². The molecule has 1 aromatic heterocycles. The Balaban J connectivity index is 1.78. The highest BCUT2D eigenvalue weighted by Crippen LogP contribution is 2.23. The van der Waals surface area contributed by atoms with E-state index in [-0.39, 0.29) is 5.41 Å². The maximum Gasteiger partial charge on any atom is 0.0676 e. The summed E-state index contributed by atoms with van der Waals surface area (Å²) in [6.45, 7) is 7.05. The first-order valence-corrected chi connectivity index (χ1v) is 11.6. The summed E-state index contributed by atoms with van der Waals surface area (Å²) in [5.41, 5.74) is 5.21. The van der Waals surface area contributed by atoms with E-state index in [9.17, 15) is 0 Å². The maximum atomic E-state index is 5.34. The number of unbranched alkanes of at least 4 members (excludes halogenated alkanes) is 2. The van der Waals surface area contributed by atoms with Gasteiger partial charge in [0.2, 0.25) is 0 Å². The Hall–Kier alpha value is -2.34. The molecule has 0 amide bonds. The Morgan fingerprint density at radius 2 is 1.97 bits per heavy atom. The van der Waals surface area contributed by atoms with Crippen LogP contribution in [0.5, 0.6) is 0 Å². The molecule has 0 aliphatic heterocycles. The van der Waals surface area contributed by atoms with Gasteiger partial charge in [0.1, 0.15) is 0 Å². The zero-order valence-corrected chi connectivity index (χ0v) is 19.6. The van der Waals surface area contributed by atoms with Crippen LogP contribution in [0.15, 0.2) is 71.0 Å². The highest BCUT2D eigenvalue weighted by molar-refractivity contribution is 7.08. The lowest BCUT2D eigenvalue weighted by Crippen LogP contribution is -1.98. The first kappa shape index (κ1) is 23.9. The van der Waals surface area contributed by atoms with Gasteiger partial charge in [-0.1, -0.05) is 54.3 Å². The van der Waals surface area contributed by atoms with E-state index in [0.29, 0.717) is 6.61 Å².